The van der Waals surface area contributed by atoms with Crippen LogP contribution in [0.2, 0.25) is 5.02 Å². The first-order chi connectivity index (χ1) is 15.4. The number of rotatable bonds is 7. The van der Waals surface area contributed by atoms with Gasteiger partial charge >= 0.3 is 5.97 Å². The summed E-state index contributed by atoms with van der Waals surface area (Å²) in [6.07, 6.45) is 3.92. The van der Waals surface area contributed by atoms with Crippen LogP contribution in [0.1, 0.15) is 37.9 Å². The maximum atomic E-state index is 14.1. The van der Waals surface area contributed by atoms with E-state index < -0.39 is 33.5 Å². The SMILES string of the molecule is Cc1ccccc1S(=O)(=O)N1[C@@H](c2ccc(Cl)cc2)C(CO/C=C/C(=O)O)=C[C@H]1C(C)(C)C. The fraction of sp³-hybridized carbons (Fsp3) is 0.320. The molecule has 1 aliphatic heterocycles. The van der Waals surface area contributed by atoms with Crippen LogP contribution < -0.4 is 0 Å². The van der Waals surface area contributed by atoms with Crippen LogP contribution in [0.15, 0.2) is 77.4 Å². The van der Waals surface area contributed by atoms with Crippen LogP contribution in [0.3, 0.4) is 0 Å². The van der Waals surface area contributed by atoms with Gasteiger partial charge in [-0.1, -0.05) is 68.8 Å². The molecule has 1 aliphatic rings. The number of aryl methyl sites for hydroxylation is 1. The van der Waals surface area contributed by atoms with Gasteiger partial charge in [-0.05, 0) is 47.2 Å². The molecule has 0 unspecified atom stereocenters. The summed E-state index contributed by atoms with van der Waals surface area (Å²) in [6.45, 7) is 7.79. The van der Waals surface area contributed by atoms with Gasteiger partial charge in [0.05, 0.1) is 23.3 Å². The van der Waals surface area contributed by atoms with E-state index in [-0.39, 0.29) is 11.5 Å². The Morgan fingerprint density at radius 1 is 1.15 bits per heavy atom. The fourth-order valence-corrected chi connectivity index (χ4v) is 6.24. The lowest BCUT2D eigenvalue weighted by atomic mass is 9.87. The molecule has 0 aliphatic carbocycles. The second kappa shape index (κ2) is 9.71. The molecule has 3 rings (SSSR count). The predicted molar refractivity (Wildman–Crippen MR) is 128 cm³/mol. The average Bonchev–Trinajstić information content (AvgIpc) is 3.13. The first-order valence-electron chi connectivity index (χ1n) is 10.5. The maximum absolute atomic E-state index is 14.1. The number of carboxylic acids is 1. The van der Waals surface area contributed by atoms with Crippen LogP contribution in [-0.4, -0.2) is 36.4 Å². The largest absolute Gasteiger partial charge is 0.497 e. The summed E-state index contributed by atoms with van der Waals surface area (Å²) in [4.78, 5) is 11.0. The van der Waals surface area contributed by atoms with E-state index >= 15 is 0 Å². The monoisotopic (exact) mass is 489 g/mol. The van der Waals surface area contributed by atoms with Gasteiger partial charge < -0.3 is 9.84 Å². The molecular formula is C25H28ClNO5S. The Labute approximate surface area is 200 Å². The summed E-state index contributed by atoms with van der Waals surface area (Å²) in [7, 11) is -3.91. The number of aliphatic carboxylic acids is 1. The lowest BCUT2D eigenvalue weighted by Crippen LogP contribution is -2.45. The lowest BCUT2D eigenvalue weighted by Gasteiger charge is -2.37. The quantitative estimate of drug-likeness (QED) is 0.322. The smallest absolute Gasteiger partial charge is 0.331 e. The molecule has 0 saturated carbocycles. The number of hydrogen-bond donors (Lipinski definition) is 1. The topological polar surface area (TPSA) is 83.9 Å². The van der Waals surface area contributed by atoms with E-state index in [0.717, 1.165) is 23.5 Å². The van der Waals surface area contributed by atoms with Crippen LogP contribution in [0.5, 0.6) is 0 Å². The van der Waals surface area contributed by atoms with Gasteiger partial charge in [0.2, 0.25) is 10.0 Å². The van der Waals surface area contributed by atoms with Crippen molar-refractivity contribution in [2.75, 3.05) is 6.61 Å². The molecule has 2 aromatic carbocycles. The third-order valence-electron chi connectivity index (χ3n) is 5.53. The van der Waals surface area contributed by atoms with E-state index in [2.05, 4.69) is 0 Å². The summed E-state index contributed by atoms with van der Waals surface area (Å²) >= 11 is 6.10. The highest BCUT2D eigenvalue weighted by atomic mass is 35.5. The highest BCUT2D eigenvalue weighted by molar-refractivity contribution is 7.89. The Morgan fingerprint density at radius 2 is 1.79 bits per heavy atom. The van der Waals surface area contributed by atoms with Gasteiger partial charge in [-0.15, -0.1) is 0 Å². The van der Waals surface area contributed by atoms with E-state index in [4.69, 9.17) is 21.4 Å². The highest BCUT2D eigenvalue weighted by Crippen LogP contribution is 2.46. The summed E-state index contributed by atoms with van der Waals surface area (Å²) in [5.41, 5.74) is 1.72. The van der Waals surface area contributed by atoms with Crippen molar-refractivity contribution in [3.8, 4) is 0 Å². The number of sulfonamides is 1. The van der Waals surface area contributed by atoms with E-state index in [9.17, 15) is 13.2 Å². The highest BCUT2D eigenvalue weighted by Gasteiger charge is 2.48. The molecule has 0 aromatic heterocycles. The van der Waals surface area contributed by atoms with Crippen molar-refractivity contribution >= 4 is 27.6 Å². The van der Waals surface area contributed by atoms with Crippen molar-refractivity contribution in [2.45, 2.75) is 44.7 Å². The van der Waals surface area contributed by atoms with Gasteiger partial charge in [0.15, 0.2) is 0 Å². The lowest BCUT2D eigenvalue weighted by molar-refractivity contribution is -0.131. The standard InChI is InChI=1S/C25H28ClNO5S/c1-17-7-5-6-8-21(17)33(30,31)27-22(25(2,3)4)15-19(16-32-14-13-23(28)29)24(27)18-9-11-20(26)12-10-18/h5-15,22,24H,16H2,1-4H3,(H,28,29)/b14-13+/t22-,24-/m0/s1. The maximum Gasteiger partial charge on any atom is 0.331 e. The number of nitrogens with zero attached hydrogens (tertiary/aromatic N) is 1. The minimum absolute atomic E-state index is 0.0451. The van der Waals surface area contributed by atoms with Crippen LogP contribution in [-0.2, 0) is 19.6 Å². The van der Waals surface area contributed by atoms with Gasteiger partial charge in [-0.25, -0.2) is 13.2 Å². The minimum atomic E-state index is -3.91. The molecule has 2 aromatic rings. The first-order valence-corrected chi connectivity index (χ1v) is 12.3. The average molecular weight is 490 g/mol. The molecule has 8 heteroatoms. The number of halogens is 1. The molecule has 0 bridgehead atoms. The molecule has 1 heterocycles. The van der Waals surface area contributed by atoms with E-state index in [1.54, 1.807) is 49.4 Å². The van der Waals surface area contributed by atoms with Crippen molar-refractivity contribution < 1.29 is 23.1 Å². The Hall–Kier alpha value is -2.61. The molecule has 2 atom stereocenters. The molecule has 176 valence electrons. The second-order valence-corrected chi connectivity index (χ2v) is 11.3. The fourth-order valence-electron chi connectivity index (χ4n) is 3.95. The molecule has 0 fully saturated rings. The van der Waals surface area contributed by atoms with Gasteiger partial charge in [-0.2, -0.15) is 4.31 Å². The number of carbonyl (C=O) groups is 1. The molecule has 33 heavy (non-hydrogen) atoms. The van der Waals surface area contributed by atoms with Crippen LogP contribution in [0.25, 0.3) is 0 Å². The minimum Gasteiger partial charge on any atom is -0.497 e. The van der Waals surface area contributed by atoms with Gasteiger partial charge in [-0.3, -0.25) is 0 Å². The van der Waals surface area contributed by atoms with Crippen LogP contribution >= 0.6 is 11.6 Å². The number of hydrogen-bond acceptors (Lipinski definition) is 4. The van der Waals surface area contributed by atoms with E-state index in [0.29, 0.717) is 10.6 Å². The van der Waals surface area contributed by atoms with Crippen LogP contribution in [0, 0.1) is 12.3 Å². The Morgan fingerprint density at radius 3 is 2.36 bits per heavy atom. The Bertz CT molecular complexity index is 1180. The first kappa shape index (κ1) is 25.0. The number of carboxylic acid groups (broad SMARTS) is 1. The Kier molecular flexibility index (Phi) is 7.36. The van der Waals surface area contributed by atoms with Crippen molar-refractivity contribution in [2.24, 2.45) is 5.41 Å². The third kappa shape index (κ3) is 5.49. The predicted octanol–water partition coefficient (Wildman–Crippen LogP) is 5.35. The van der Waals surface area contributed by atoms with Gasteiger partial charge in [0.1, 0.15) is 6.61 Å². The zero-order valence-electron chi connectivity index (χ0n) is 19.0. The summed E-state index contributed by atoms with van der Waals surface area (Å²) in [6, 6.07) is 12.9. The van der Waals surface area contributed by atoms with E-state index in [1.165, 1.54) is 4.31 Å². The molecular weight excluding hydrogens is 462 g/mol. The molecule has 0 radical (unpaired) electrons. The third-order valence-corrected chi connectivity index (χ3v) is 7.79. The van der Waals surface area contributed by atoms with Crippen molar-refractivity contribution in [1.82, 2.24) is 4.31 Å². The summed E-state index contributed by atoms with van der Waals surface area (Å²) in [5, 5.41) is 9.37. The normalized spacial score (nSPS) is 19.6. The van der Waals surface area contributed by atoms with Crippen LogP contribution in [0.4, 0.5) is 0 Å². The number of ether oxygens (including phenoxy) is 1. The zero-order chi connectivity index (χ0) is 24.4. The molecule has 0 saturated heterocycles. The molecule has 0 spiro atoms. The molecule has 0 amide bonds. The zero-order valence-corrected chi connectivity index (χ0v) is 20.6. The van der Waals surface area contributed by atoms with Gasteiger partial charge in [0.25, 0.3) is 0 Å². The number of benzene rings is 2. The second-order valence-electron chi connectivity index (χ2n) is 9.06. The Balaban J connectivity index is 2.15. The summed E-state index contributed by atoms with van der Waals surface area (Å²) in [5.74, 6) is -1.12. The van der Waals surface area contributed by atoms with E-state index in [1.807, 2.05) is 32.9 Å². The van der Waals surface area contributed by atoms with Crippen molar-refractivity contribution in [3.63, 3.8) is 0 Å². The molecule has 1 N–H and O–H groups in total. The van der Waals surface area contributed by atoms with Crippen molar-refractivity contribution in [1.29, 1.82) is 0 Å². The van der Waals surface area contributed by atoms with Crippen molar-refractivity contribution in [3.05, 3.63) is 88.7 Å². The summed E-state index contributed by atoms with van der Waals surface area (Å²) < 4.78 is 35.1. The van der Waals surface area contributed by atoms with Gasteiger partial charge in [0, 0.05) is 11.1 Å². The molecule has 6 nitrogen and oxygen atoms in total.